The third-order valence-electron chi connectivity index (χ3n) is 3.40. The number of nitrogens with one attached hydrogen (secondary N) is 1. The summed E-state index contributed by atoms with van der Waals surface area (Å²) in [6, 6.07) is 11.4. The highest BCUT2D eigenvalue weighted by Gasteiger charge is 2.18. The zero-order valence-corrected chi connectivity index (χ0v) is 15.0. The van der Waals surface area contributed by atoms with E-state index >= 15 is 0 Å². The van der Waals surface area contributed by atoms with Crippen LogP contribution in [0.2, 0.25) is 0 Å². The molecule has 2 rings (SSSR count). The van der Waals surface area contributed by atoms with Crippen LogP contribution >= 0.6 is 11.8 Å². The number of hydrogen-bond donors (Lipinski definition) is 1. The molecule has 128 valence electrons. The molecule has 0 fully saturated rings. The molecule has 1 N–H and O–H groups in total. The van der Waals surface area contributed by atoms with Crippen molar-refractivity contribution in [1.82, 2.24) is 0 Å². The van der Waals surface area contributed by atoms with Crippen LogP contribution in [0.15, 0.2) is 47.4 Å². The molecular formula is C16H18N2O4S2. The molecule has 0 amide bonds. The number of thioether (sulfide) groups is 1. The van der Waals surface area contributed by atoms with E-state index in [1.807, 2.05) is 24.3 Å². The van der Waals surface area contributed by atoms with Gasteiger partial charge in [0.2, 0.25) is 0 Å². The summed E-state index contributed by atoms with van der Waals surface area (Å²) in [4.78, 5) is 10.2. The first-order chi connectivity index (χ1) is 11.3. The SMILES string of the molecule is CSCCc1ccc(Nc2ccc([N+](=O)[O-])cc2S(C)(=O)=O)cc1. The summed E-state index contributed by atoms with van der Waals surface area (Å²) < 4.78 is 23.9. The molecule has 24 heavy (non-hydrogen) atoms. The summed E-state index contributed by atoms with van der Waals surface area (Å²) in [6.07, 6.45) is 4.05. The summed E-state index contributed by atoms with van der Waals surface area (Å²) in [6.45, 7) is 0. The van der Waals surface area contributed by atoms with Crippen LogP contribution in [-0.2, 0) is 16.3 Å². The highest BCUT2D eigenvalue weighted by atomic mass is 32.2. The molecule has 6 nitrogen and oxygen atoms in total. The van der Waals surface area contributed by atoms with Gasteiger partial charge in [0.05, 0.1) is 15.5 Å². The van der Waals surface area contributed by atoms with Gasteiger partial charge in [-0.25, -0.2) is 8.42 Å². The average molecular weight is 366 g/mol. The fourth-order valence-electron chi connectivity index (χ4n) is 2.16. The van der Waals surface area contributed by atoms with Crippen LogP contribution in [0.4, 0.5) is 17.1 Å². The zero-order valence-electron chi connectivity index (χ0n) is 13.4. The van der Waals surface area contributed by atoms with Gasteiger partial charge < -0.3 is 5.32 Å². The number of nitro benzene ring substituents is 1. The lowest BCUT2D eigenvalue weighted by molar-refractivity contribution is -0.385. The Hall–Kier alpha value is -2.06. The van der Waals surface area contributed by atoms with E-state index in [2.05, 4.69) is 11.6 Å². The average Bonchev–Trinajstić information content (AvgIpc) is 2.53. The first kappa shape index (κ1) is 18.3. The Labute approximate surface area is 145 Å². The second-order valence-corrected chi connectivity index (χ2v) is 8.24. The Balaban J connectivity index is 2.30. The number of anilines is 2. The fourth-order valence-corrected chi connectivity index (χ4v) is 3.46. The van der Waals surface area contributed by atoms with Gasteiger partial charge in [-0.05, 0) is 42.2 Å². The molecule has 0 aliphatic heterocycles. The van der Waals surface area contributed by atoms with Crippen molar-refractivity contribution < 1.29 is 13.3 Å². The van der Waals surface area contributed by atoms with Crippen LogP contribution in [-0.4, -0.2) is 31.6 Å². The molecule has 2 aromatic carbocycles. The number of rotatable bonds is 7. The fraction of sp³-hybridized carbons (Fsp3) is 0.250. The highest BCUT2D eigenvalue weighted by molar-refractivity contribution is 7.98. The van der Waals surface area contributed by atoms with Gasteiger partial charge in [0.15, 0.2) is 9.84 Å². The van der Waals surface area contributed by atoms with Crippen LogP contribution in [0, 0.1) is 10.1 Å². The van der Waals surface area contributed by atoms with Crippen LogP contribution < -0.4 is 5.32 Å². The number of hydrogen-bond acceptors (Lipinski definition) is 6. The van der Waals surface area contributed by atoms with E-state index in [0.29, 0.717) is 5.69 Å². The summed E-state index contributed by atoms with van der Waals surface area (Å²) in [7, 11) is -3.60. The van der Waals surface area contributed by atoms with Crippen molar-refractivity contribution in [2.45, 2.75) is 11.3 Å². The molecule has 2 aromatic rings. The first-order valence-electron chi connectivity index (χ1n) is 7.14. The Bertz CT molecular complexity index is 834. The van der Waals surface area contributed by atoms with Crippen LogP contribution in [0.1, 0.15) is 5.56 Å². The topological polar surface area (TPSA) is 89.3 Å². The van der Waals surface area contributed by atoms with Crippen molar-refractivity contribution >= 4 is 38.7 Å². The van der Waals surface area contributed by atoms with Crippen LogP contribution in [0.25, 0.3) is 0 Å². The van der Waals surface area contributed by atoms with Crippen LogP contribution in [0.3, 0.4) is 0 Å². The largest absolute Gasteiger partial charge is 0.354 e. The maximum absolute atomic E-state index is 11.9. The number of nitro groups is 1. The summed E-state index contributed by atoms with van der Waals surface area (Å²) in [5.41, 5.74) is 1.98. The Kier molecular flexibility index (Phi) is 5.84. The summed E-state index contributed by atoms with van der Waals surface area (Å²) in [5.74, 6) is 1.04. The lowest BCUT2D eigenvalue weighted by atomic mass is 10.1. The predicted molar refractivity (Wildman–Crippen MR) is 98.0 cm³/mol. The highest BCUT2D eigenvalue weighted by Crippen LogP contribution is 2.29. The second-order valence-electron chi connectivity index (χ2n) is 5.27. The second kappa shape index (κ2) is 7.67. The molecule has 0 aliphatic carbocycles. The lowest BCUT2D eigenvalue weighted by Gasteiger charge is -2.11. The molecular weight excluding hydrogens is 348 g/mol. The summed E-state index contributed by atoms with van der Waals surface area (Å²) in [5, 5.41) is 13.9. The van der Waals surface area contributed by atoms with E-state index in [9.17, 15) is 18.5 Å². The van der Waals surface area contributed by atoms with Crippen molar-refractivity contribution in [1.29, 1.82) is 0 Å². The molecule has 0 saturated heterocycles. The number of non-ortho nitro benzene ring substituents is 1. The quantitative estimate of drug-likeness (QED) is 0.594. The molecule has 0 radical (unpaired) electrons. The molecule has 0 aliphatic rings. The standard InChI is InChI=1S/C16H18N2O4S2/c1-23-10-9-12-3-5-13(6-4-12)17-15-8-7-14(18(19)20)11-16(15)24(2,21)22/h3-8,11,17H,9-10H2,1-2H3. The molecule has 0 heterocycles. The van der Waals surface area contributed by atoms with Gasteiger partial charge in [-0.15, -0.1) is 0 Å². The van der Waals surface area contributed by atoms with Gasteiger partial charge in [0, 0.05) is 24.1 Å². The van der Waals surface area contributed by atoms with Crippen molar-refractivity contribution in [2.75, 3.05) is 23.6 Å². The van der Waals surface area contributed by atoms with E-state index in [1.54, 1.807) is 11.8 Å². The molecule has 0 atom stereocenters. The lowest BCUT2D eigenvalue weighted by Crippen LogP contribution is -2.04. The molecule has 0 aromatic heterocycles. The zero-order chi connectivity index (χ0) is 17.7. The third kappa shape index (κ3) is 4.72. The van der Waals surface area contributed by atoms with E-state index in [1.165, 1.54) is 17.7 Å². The molecule has 0 unspecified atom stereocenters. The van der Waals surface area contributed by atoms with Crippen molar-refractivity contribution in [3.63, 3.8) is 0 Å². The Morgan fingerprint density at radius 3 is 2.38 bits per heavy atom. The normalized spacial score (nSPS) is 11.2. The molecule has 0 saturated carbocycles. The maximum atomic E-state index is 11.9. The number of sulfone groups is 1. The minimum atomic E-state index is -3.60. The minimum absolute atomic E-state index is 0.0943. The third-order valence-corrected chi connectivity index (χ3v) is 5.15. The number of aryl methyl sites for hydroxylation is 1. The van der Waals surface area contributed by atoms with E-state index in [-0.39, 0.29) is 10.6 Å². The van der Waals surface area contributed by atoms with Crippen LogP contribution in [0.5, 0.6) is 0 Å². The smallest absolute Gasteiger partial charge is 0.270 e. The molecule has 0 bridgehead atoms. The van der Waals surface area contributed by atoms with Gasteiger partial charge in [0.25, 0.3) is 5.69 Å². The number of benzene rings is 2. The summed E-state index contributed by atoms with van der Waals surface area (Å²) >= 11 is 1.77. The van der Waals surface area contributed by atoms with Gasteiger partial charge in [-0.3, -0.25) is 10.1 Å². The van der Waals surface area contributed by atoms with E-state index in [4.69, 9.17) is 0 Å². The first-order valence-corrected chi connectivity index (χ1v) is 10.4. The van der Waals surface area contributed by atoms with Gasteiger partial charge >= 0.3 is 0 Å². The van der Waals surface area contributed by atoms with Crippen molar-refractivity contribution in [3.05, 3.63) is 58.1 Å². The Morgan fingerprint density at radius 1 is 1.17 bits per heavy atom. The van der Waals surface area contributed by atoms with Crippen molar-refractivity contribution in [3.8, 4) is 0 Å². The molecule has 0 spiro atoms. The van der Waals surface area contributed by atoms with Gasteiger partial charge in [0.1, 0.15) is 0 Å². The monoisotopic (exact) mass is 366 g/mol. The predicted octanol–water partition coefficient (Wildman–Crippen LogP) is 3.65. The van der Waals surface area contributed by atoms with Gasteiger partial charge in [-0.2, -0.15) is 11.8 Å². The number of nitrogens with zero attached hydrogens (tertiary/aromatic N) is 1. The minimum Gasteiger partial charge on any atom is -0.354 e. The molecule has 8 heteroatoms. The maximum Gasteiger partial charge on any atom is 0.270 e. The van der Waals surface area contributed by atoms with Gasteiger partial charge in [-0.1, -0.05) is 12.1 Å². The van der Waals surface area contributed by atoms with E-state index in [0.717, 1.165) is 30.2 Å². The van der Waals surface area contributed by atoms with Crippen molar-refractivity contribution in [2.24, 2.45) is 0 Å². The Morgan fingerprint density at radius 2 is 1.83 bits per heavy atom. The van der Waals surface area contributed by atoms with E-state index < -0.39 is 14.8 Å².